The molecule has 2 rings (SSSR count). The minimum Gasteiger partial charge on any atom is -0.366 e. The minimum absolute atomic E-state index is 0.202. The van der Waals surface area contributed by atoms with Crippen LogP contribution in [0.4, 0.5) is 13.2 Å². The molecule has 100 valence electrons. The van der Waals surface area contributed by atoms with E-state index in [0.29, 0.717) is 11.1 Å². The zero-order valence-corrected chi connectivity index (χ0v) is 9.65. The van der Waals surface area contributed by atoms with E-state index in [0.717, 1.165) is 0 Å². The van der Waals surface area contributed by atoms with Gasteiger partial charge in [0, 0.05) is 11.1 Å². The molecule has 0 aliphatic rings. The van der Waals surface area contributed by atoms with E-state index in [1.165, 1.54) is 18.2 Å². The molecule has 0 radical (unpaired) electrons. The number of nitrogens with zero attached hydrogens (tertiary/aromatic N) is 2. The first kappa shape index (κ1) is 13.1. The van der Waals surface area contributed by atoms with Crippen LogP contribution in [0, 0.1) is 6.92 Å². The molecule has 0 spiro atoms. The lowest BCUT2D eigenvalue weighted by atomic mass is 10.0. The average Bonchev–Trinajstić information content (AvgIpc) is 2.76. The number of amides is 1. The first-order chi connectivity index (χ1) is 8.79. The number of aryl methyl sites for hydroxylation is 1. The van der Waals surface area contributed by atoms with E-state index in [9.17, 15) is 18.0 Å². The number of carbonyl (C=O) groups excluding carboxylic acids is 1. The summed E-state index contributed by atoms with van der Waals surface area (Å²) in [5.74, 6) is -2.24. The maximum atomic E-state index is 12.3. The Hall–Kier alpha value is -2.38. The van der Waals surface area contributed by atoms with Crippen LogP contribution in [0.1, 0.15) is 21.8 Å². The van der Waals surface area contributed by atoms with Gasteiger partial charge in [0.05, 0.1) is 0 Å². The van der Waals surface area contributed by atoms with Crippen molar-refractivity contribution in [3.8, 4) is 11.4 Å². The summed E-state index contributed by atoms with van der Waals surface area (Å²) < 4.78 is 41.0. The van der Waals surface area contributed by atoms with Gasteiger partial charge in [-0.2, -0.15) is 18.2 Å². The normalized spacial score (nSPS) is 11.6. The summed E-state index contributed by atoms with van der Waals surface area (Å²) in [6, 6.07) is 4.26. The van der Waals surface area contributed by atoms with Crippen molar-refractivity contribution in [2.45, 2.75) is 13.1 Å². The standard InChI is InChI=1S/C11H8F3N3O2/c1-5-4-6(2-3-7(5)8(15)18)9-16-10(19-17-9)11(12,13)14/h2-4H,1H3,(H2,15,18). The zero-order valence-electron chi connectivity index (χ0n) is 9.65. The Bertz CT molecular complexity index is 634. The number of benzene rings is 1. The Kier molecular flexibility index (Phi) is 3.01. The fourth-order valence-corrected chi connectivity index (χ4v) is 1.54. The van der Waals surface area contributed by atoms with Crippen molar-refractivity contribution in [1.29, 1.82) is 0 Å². The molecule has 1 aromatic heterocycles. The van der Waals surface area contributed by atoms with E-state index in [-0.39, 0.29) is 11.4 Å². The first-order valence-corrected chi connectivity index (χ1v) is 5.11. The summed E-state index contributed by atoms with van der Waals surface area (Å²) in [5, 5.41) is 3.25. The van der Waals surface area contributed by atoms with Gasteiger partial charge >= 0.3 is 12.1 Å². The van der Waals surface area contributed by atoms with Crippen LogP contribution < -0.4 is 5.73 Å². The SMILES string of the molecule is Cc1cc(-c2noc(C(F)(F)F)n2)ccc1C(N)=O. The van der Waals surface area contributed by atoms with Crippen LogP contribution in [0.5, 0.6) is 0 Å². The monoisotopic (exact) mass is 271 g/mol. The van der Waals surface area contributed by atoms with E-state index in [1.54, 1.807) is 6.92 Å². The van der Waals surface area contributed by atoms with E-state index in [2.05, 4.69) is 14.7 Å². The molecule has 19 heavy (non-hydrogen) atoms. The summed E-state index contributed by atoms with van der Waals surface area (Å²) in [6.07, 6.45) is -4.69. The number of rotatable bonds is 2. The lowest BCUT2D eigenvalue weighted by Crippen LogP contribution is -2.12. The van der Waals surface area contributed by atoms with Crippen LogP contribution in [0.3, 0.4) is 0 Å². The maximum Gasteiger partial charge on any atom is 0.471 e. The quantitative estimate of drug-likeness (QED) is 0.907. The summed E-state index contributed by atoms with van der Waals surface area (Å²) in [4.78, 5) is 14.3. The van der Waals surface area contributed by atoms with Crippen LogP contribution in [0.25, 0.3) is 11.4 Å². The molecule has 2 aromatic rings. The van der Waals surface area contributed by atoms with E-state index in [4.69, 9.17) is 5.73 Å². The first-order valence-electron chi connectivity index (χ1n) is 5.11. The van der Waals surface area contributed by atoms with Crippen molar-refractivity contribution in [3.63, 3.8) is 0 Å². The molecular formula is C11H8F3N3O2. The van der Waals surface area contributed by atoms with Crippen molar-refractivity contribution < 1.29 is 22.5 Å². The van der Waals surface area contributed by atoms with Gasteiger partial charge in [0.2, 0.25) is 11.7 Å². The van der Waals surface area contributed by atoms with Gasteiger partial charge in [0.25, 0.3) is 0 Å². The van der Waals surface area contributed by atoms with Crippen LogP contribution in [-0.2, 0) is 6.18 Å². The third-order valence-electron chi connectivity index (χ3n) is 2.42. The summed E-state index contributed by atoms with van der Waals surface area (Å²) in [6.45, 7) is 1.61. The fourth-order valence-electron chi connectivity index (χ4n) is 1.54. The minimum atomic E-state index is -4.69. The summed E-state index contributed by atoms with van der Waals surface area (Å²) in [5.41, 5.74) is 6.23. The molecule has 0 aliphatic carbocycles. The highest BCUT2D eigenvalue weighted by Crippen LogP contribution is 2.29. The number of carbonyl (C=O) groups is 1. The average molecular weight is 271 g/mol. The van der Waals surface area contributed by atoms with Gasteiger partial charge in [-0.05, 0) is 24.6 Å². The smallest absolute Gasteiger partial charge is 0.366 e. The van der Waals surface area contributed by atoms with Crippen LogP contribution in [0.2, 0.25) is 0 Å². The second-order valence-electron chi connectivity index (χ2n) is 3.81. The van der Waals surface area contributed by atoms with Crippen LogP contribution in [0.15, 0.2) is 22.7 Å². The second-order valence-corrected chi connectivity index (χ2v) is 3.81. The molecule has 1 amide bonds. The molecule has 0 unspecified atom stereocenters. The number of nitrogens with two attached hydrogens (primary N) is 1. The van der Waals surface area contributed by atoms with Gasteiger partial charge < -0.3 is 10.3 Å². The Labute approximate surface area is 105 Å². The highest BCUT2D eigenvalue weighted by molar-refractivity contribution is 5.94. The Balaban J connectivity index is 2.40. The Morgan fingerprint density at radius 1 is 1.37 bits per heavy atom. The topological polar surface area (TPSA) is 82.0 Å². The molecule has 2 N–H and O–H groups in total. The lowest BCUT2D eigenvalue weighted by Gasteiger charge is -2.02. The Morgan fingerprint density at radius 2 is 2.05 bits per heavy atom. The van der Waals surface area contributed by atoms with Gasteiger partial charge in [0.15, 0.2) is 0 Å². The predicted octanol–water partition coefficient (Wildman–Crippen LogP) is 2.16. The van der Waals surface area contributed by atoms with Crippen molar-refractivity contribution in [3.05, 3.63) is 35.2 Å². The van der Waals surface area contributed by atoms with E-state index < -0.39 is 18.0 Å². The van der Waals surface area contributed by atoms with E-state index >= 15 is 0 Å². The molecule has 5 nitrogen and oxygen atoms in total. The number of hydrogen-bond donors (Lipinski definition) is 1. The highest BCUT2D eigenvalue weighted by atomic mass is 19.4. The van der Waals surface area contributed by atoms with Crippen molar-refractivity contribution in [2.75, 3.05) is 0 Å². The number of alkyl halides is 3. The fraction of sp³-hybridized carbons (Fsp3) is 0.182. The number of halogens is 3. The largest absolute Gasteiger partial charge is 0.471 e. The van der Waals surface area contributed by atoms with E-state index in [1.807, 2.05) is 0 Å². The molecule has 0 bridgehead atoms. The van der Waals surface area contributed by atoms with Gasteiger partial charge in [-0.15, -0.1) is 0 Å². The molecular weight excluding hydrogens is 263 g/mol. The highest BCUT2D eigenvalue weighted by Gasteiger charge is 2.38. The molecule has 0 aliphatic heterocycles. The maximum absolute atomic E-state index is 12.3. The van der Waals surface area contributed by atoms with Gasteiger partial charge in [-0.1, -0.05) is 11.2 Å². The van der Waals surface area contributed by atoms with Crippen molar-refractivity contribution >= 4 is 5.91 Å². The third-order valence-corrected chi connectivity index (χ3v) is 2.42. The molecule has 0 saturated heterocycles. The molecule has 0 atom stereocenters. The zero-order chi connectivity index (χ0) is 14.2. The second kappa shape index (κ2) is 4.38. The summed E-state index contributed by atoms with van der Waals surface area (Å²) in [7, 11) is 0. The molecule has 0 saturated carbocycles. The van der Waals surface area contributed by atoms with Gasteiger partial charge in [0.1, 0.15) is 0 Å². The Morgan fingerprint density at radius 3 is 2.53 bits per heavy atom. The number of hydrogen-bond acceptors (Lipinski definition) is 4. The van der Waals surface area contributed by atoms with Gasteiger partial charge in [-0.3, -0.25) is 4.79 Å². The third kappa shape index (κ3) is 2.56. The molecule has 1 aromatic carbocycles. The van der Waals surface area contributed by atoms with Crippen LogP contribution in [-0.4, -0.2) is 16.0 Å². The van der Waals surface area contributed by atoms with Crippen LogP contribution >= 0.6 is 0 Å². The lowest BCUT2D eigenvalue weighted by molar-refractivity contribution is -0.159. The van der Waals surface area contributed by atoms with Crippen molar-refractivity contribution in [1.82, 2.24) is 10.1 Å². The number of primary amides is 1. The summed E-state index contributed by atoms with van der Waals surface area (Å²) >= 11 is 0. The number of aromatic nitrogens is 2. The molecule has 8 heteroatoms. The predicted molar refractivity (Wildman–Crippen MR) is 58.0 cm³/mol. The molecule has 0 fully saturated rings. The van der Waals surface area contributed by atoms with Gasteiger partial charge in [-0.25, -0.2) is 0 Å². The van der Waals surface area contributed by atoms with Crippen molar-refractivity contribution in [2.24, 2.45) is 5.73 Å². The molecule has 1 heterocycles.